The van der Waals surface area contributed by atoms with Gasteiger partial charge >= 0.3 is 0 Å². The quantitative estimate of drug-likeness (QED) is 0.654. The van der Waals surface area contributed by atoms with E-state index < -0.39 is 15.9 Å². The molecule has 2 heterocycles. The van der Waals surface area contributed by atoms with Gasteiger partial charge in [0.05, 0.1) is 0 Å². The van der Waals surface area contributed by atoms with Gasteiger partial charge in [0, 0.05) is 37.6 Å². The van der Waals surface area contributed by atoms with Gasteiger partial charge in [0.15, 0.2) is 0 Å². The summed E-state index contributed by atoms with van der Waals surface area (Å²) in [6.45, 7) is 3.95. The number of carbonyl (C=O) groups excluding carboxylic acids is 1. The van der Waals surface area contributed by atoms with Gasteiger partial charge < -0.3 is 10.2 Å². The highest BCUT2D eigenvalue weighted by Gasteiger charge is 2.32. The number of rotatable bonds is 5. The third-order valence-electron chi connectivity index (χ3n) is 5.12. The Morgan fingerprint density at radius 3 is 2.27 bits per heavy atom. The zero-order valence-electron chi connectivity index (χ0n) is 16.6. The number of sulfonamides is 1. The van der Waals surface area contributed by atoms with Crippen molar-refractivity contribution in [3.8, 4) is 0 Å². The van der Waals surface area contributed by atoms with Crippen LogP contribution in [-0.4, -0.2) is 44.8 Å². The van der Waals surface area contributed by atoms with Crippen molar-refractivity contribution in [2.45, 2.75) is 11.8 Å². The SMILES string of the molecule is Cc1ccc(NC(=O)c2sccc2S(=O)(=O)N2CCN(c3ccccc3)CC2)cc1. The molecule has 1 aliphatic rings. The summed E-state index contributed by atoms with van der Waals surface area (Å²) in [4.78, 5) is 15.2. The number of anilines is 2. The second-order valence-corrected chi connectivity index (χ2v) is 9.98. The molecule has 1 fully saturated rings. The number of hydrogen-bond donors (Lipinski definition) is 1. The van der Waals surface area contributed by atoms with Crippen molar-refractivity contribution in [1.82, 2.24) is 4.31 Å². The number of carbonyl (C=O) groups is 1. The summed E-state index contributed by atoms with van der Waals surface area (Å²) in [6, 6.07) is 18.9. The summed E-state index contributed by atoms with van der Waals surface area (Å²) < 4.78 is 28.0. The number of nitrogens with zero attached hydrogens (tertiary/aromatic N) is 2. The molecule has 0 bridgehead atoms. The Hall–Kier alpha value is -2.68. The monoisotopic (exact) mass is 441 g/mol. The van der Waals surface area contributed by atoms with Crippen molar-refractivity contribution >= 4 is 38.6 Å². The van der Waals surface area contributed by atoms with Crippen LogP contribution in [-0.2, 0) is 10.0 Å². The lowest BCUT2D eigenvalue weighted by Crippen LogP contribution is -2.48. The third-order valence-corrected chi connectivity index (χ3v) is 8.11. The molecule has 1 amide bonds. The summed E-state index contributed by atoms with van der Waals surface area (Å²) in [7, 11) is -3.74. The summed E-state index contributed by atoms with van der Waals surface area (Å²) in [5.41, 5.74) is 2.81. The van der Waals surface area contributed by atoms with E-state index in [9.17, 15) is 13.2 Å². The fourth-order valence-corrected chi connectivity index (χ4v) is 6.17. The molecule has 4 rings (SSSR count). The van der Waals surface area contributed by atoms with E-state index in [0.29, 0.717) is 31.9 Å². The maximum atomic E-state index is 13.2. The van der Waals surface area contributed by atoms with Crippen LogP contribution < -0.4 is 10.2 Å². The highest BCUT2D eigenvalue weighted by Crippen LogP contribution is 2.28. The minimum absolute atomic E-state index is 0.0743. The Bertz CT molecular complexity index is 1120. The molecule has 6 nitrogen and oxygen atoms in total. The highest BCUT2D eigenvalue weighted by molar-refractivity contribution is 7.89. The van der Waals surface area contributed by atoms with Gasteiger partial charge in [0.1, 0.15) is 9.77 Å². The first-order valence-electron chi connectivity index (χ1n) is 9.71. The van der Waals surface area contributed by atoms with E-state index in [1.54, 1.807) is 17.5 Å². The molecule has 1 aromatic heterocycles. The van der Waals surface area contributed by atoms with Crippen LogP contribution in [0.2, 0.25) is 0 Å². The molecule has 0 atom stereocenters. The molecule has 0 spiro atoms. The van der Waals surface area contributed by atoms with Gasteiger partial charge in [-0.3, -0.25) is 4.79 Å². The van der Waals surface area contributed by atoms with Crippen molar-refractivity contribution in [3.63, 3.8) is 0 Å². The Morgan fingerprint density at radius 1 is 0.933 bits per heavy atom. The van der Waals surface area contributed by atoms with Crippen LogP contribution in [0, 0.1) is 6.92 Å². The standard InChI is InChI=1S/C22H23N3O3S2/c1-17-7-9-18(10-8-17)23-22(26)21-20(11-16-29-21)30(27,28)25-14-12-24(13-15-25)19-5-3-2-4-6-19/h2-11,16H,12-15H2,1H3,(H,23,26). The van der Waals surface area contributed by atoms with E-state index in [1.807, 2.05) is 49.4 Å². The van der Waals surface area contributed by atoms with Gasteiger partial charge in [0.2, 0.25) is 10.0 Å². The summed E-state index contributed by atoms with van der Waals surface area (Å²) in [5, 5.41) is 4.45. The number of hydrogen-bond acceptors (Lipinski definition) is 5. The van der Waals surface area contributed by atoms with E-state index in [-0.39, 0.29) is 9.77 Å². The third kappa shape index (κ3) is 4.26. The van der Waals surface area contributed by atoms with Crippen molar-refractivity contribution in [2.75, 3.05) is 36.4 Å². The molecule has 30 heavy (non-hydrogen) atoms. The van der Waals surface area contributed by atoms with E-state index in [0.717, 1.165) is 22.6 Å². The van der Waals surface area contributed by atoms with Crippen molar-refractivity contribution in [1.29, 1.82) is 0 Å². The number of piperazine rings is 1. The predicted molar refractivity (Wildman–Crippen MR) is 121 cm³/mol. The minimum atomic E-state index is -3.74. The molecule has 1 N–H and O–H groups in total. The molecule has 0 aliphatic carbocycles. The minimum Gasteiger partial charge on any atom is -0.369 e. The average Bonchev–Trinajstić information content (AvgIpc) is 3.27. The Morgan fingerprint density at radius 2 is 1.60 bits per heavy atom. The normalized spacial score (nSPS) is 15.2. The molecular weight excluding hydrogens is 418 g/mol. The van der Waals surface area contributed by atoms with Crippen LogP contribution >= 0.6 is 11.3 Å². The average molecular weight is 442 g/mol. The molecule has 1 saturated heterocycles. The fraction of sp³-hybridized carbons (Fsp3) is 0.227. The first kappa shape index (κ1) is 20.6. The predicted octanol–water partition coefficient (Wildman–Crippen LogP) is 3.82. The molecule has 8 heteroatoms. The van der Waals surface area contributed by atoms with Crippen LogP contribution in [0.3, 0.4) is 0 Å². The Kier molecular flexibility index (Phi) is 5.90. The van der Waals surface area contributed by atoms with Gasteiger partial charge in [0.25, 0.3) is 5.91 Å². The highest BCUT2D eigenvalue weighted by atomic mass is 32.2. The molecule has 156 valence electrons. The Labute approximate surface area is 180 Å². The smallest absolute Gasteiger partial charge is 0.267 e. The van der Waals surface area contributed by atoms with Gasteiger partial charge in [-0.25, -0.2) is 8.42 Å². The van der Waals surface area contributed by atoms with Gasteiger partial charge in [-0.1, -0.05) is 35.9 Å². The zero-order chi connectivity index (χ0) is 21.1. The lowest BCUT2D eigenvalue weighted by Gasteiger charge is -2.35. The fourth-order valence-electron chi connectivity index (χ4n) is 3.46. The van der Waals surface area contributed by atoms with E-state index in [4.69, 9.17) is 0 Å². The van der Waals surface area contributed by atoms with E-state index >= 15 is 0 Å². The molecule has 0 radical (unpaired) electrons. The van der Waals surface area contributed by atoms with Crippen LogP contribution in [0.5, 0.6) is 0 Å². The van der Waals surface area contributed by atoms with Crippen LogP contribution in [0.15, 0.2) is 70.9 Å². The lowest BCUT2D eigenvalue weighted by atomic mass is 10.2. The van der Waals surface area contributed by atoms with Crippen molar-refractivity contribution < 1.29 is 13.2 Å². The number of benzene rings is 2. The first-order valence-corrected chi connectivity index (χ1v) is 12.0. The molecule has 2 aromatic carbocycles. The summed E-state index contributed by atoms with van der Waals surface area (Å²) in [5.74, 6) is -0.407. The summed E-state index contributed by atoms with van der Waals surface area (Å²) in [6.07, 6.45) is 0. The lowest BCUT2D eigenvalue weighted by molar-refractivity contribution is 0.102. The summed E-state index contributed by atoms with van der Waals surface area (Å²) >= 11 is 1.14. The van der Waals surface area contributed by atoms with Crippen LogP contribution in [0.1, 0.15) is 15.2 Å². The molecule has 1 aliphatic heterocycles. The van der Waals surface area contributed by atoms with Crippen molar-refractivity contribution in [3.05, 3.63) is 76.5 Å². The molecule has 0 saturated carbocycles. The number of thiophene rings is 1. The van der Waals surface area contributed by atoms with Crippen LogP contribution in [0.4, 0.5) is 11.4 Å². The van der Waals surface area contributed by atoms with Gasteiger partial charge in [-0.2, -0.15) is 4.31 Å². The maximum Gasteiger partial charge on any atom is 0.267 e. The largest absolute Gasteiger partial charge is 0.369 e. The topological polar surface area (TPSA) is 69.7 Å². The maximum absolute atomic E-state index is 13.2. The van der Waals surface area contributed by atoms with E-state index in [1.165, 1.54) is 10.4 Å². The second kappa shape index (κ2) is 8.59. The van der Waals surface area contributed by atoms with Gasteiger partial charge in [-0.15, -0.1) is 11.3 Å². The van der Waals surface area contributed by atoms with Gasteiger partial charge in [-0.05, 0) is 42.6 Å². The first-order chi connectivity index (χ1) is 14.4. The number of aryl methyl sites for hydroxylation is 1. The molecule has 3 aromatic rings. The molecule has 0 unspecified atom stereocenters. The Balaban J connectivity index is 1.48. The molecular formula is C22H23N3O3S2. The van der Waals surface area contributed by atoms with Crippen molar-refractivity contribution in [2.24, 2.45) is 0 Å². The van der Waals surface area contributed by atoms with Crippen LogP contribution in [0.25, 0.3) is 0 Å². The zero-order valence-corrected chi connectivity index (χ0v) is 18.2. The second-order valence-electron chi connectivity index (χ2n) is 7.16. The number of amides is 1. The number of para-hydroxylation sites is 1. The van der Waals surface area contributed by atoms with E-state index in [2.05, 4.69) is 10.2 Å². The number of nitrogens with one attached hydrogen (secondary N) is 1.